The quantitative estimate of drug-likeness (QED) is 0.364. The van der Waals surface area contributed by atoms with Crippen LogP contribution in [0.1, 0.15) is 71.9 Å². The third-order valence-corrected chi connectivity index (χ3v) is 7.00. The summed E-state index contributed by atoms with van der Waals surface area (Å²) in [7, 11) is 3.55. The van der Waals surface area contributed by atoms with Crippen molar-refractivity contribution < 1.29 is 23.8 Å². The van der Waals surface area contributed by atoms with Crippen LogP contribution in [0, 0.1) is 5.92 Å². The first-order chi connectivity index (χ1) is 18.2. The van der Waals surface area contributed by atoms with Crippen LogP contribution in [0.2, 0.25) is 0 Å². The first-order valence-electron chi connectivity index (χ1n) is 13.1. The first-order valence-corrected chi connectivity index (χ1v) is 14.4. The summed E-state index contributed by atoms with van der Waals surface area (Å²) in [6.45, 7) is 8.46. The fourth-order valence-corrected chi connectivity index (χ4v) is 4.63. The van der Waals surface area contributed by atoms with Gasteiger partial charge in [0.25, 0.3) is 0 Å². The minimum absolute atomic E-state index is 0.0144. The van der Waals surface area contributed by atoms with E-state index >= 15 is 0 Å². The van der Waals surface area contributed by atoms with Gasteiger partial charge in [0, 0.05) is 47.6 Å². The summed E-state index contributed by atoms with van der Waals surface area (Å²) < 4.78 is 18.6. The van der Waals surface area contributed by atoms with Crippen molar-refractivity contribution in [2.75, 3.05) is 13.7 Å². The molecule has 0 spiro atoms. The molecule has 1 aliphatic rings. The number of benzene rings is 1. The largest absolute Gasteiger partial charge is 0.490 e. The predicted octanol–water partition coefficient (Wildman–Crippen LogP) is 5.13. The van der Waals surface area contributed by atoms with E-state index in [0.29, 0.717) is 24.4 Å². The molecule has 0 unspecified atom stereocenters. The number of carbonyl (C=O) groups is 2. The van der Waals surface area contributed by atoms with Crippen LogP contribution in [0.5, 0.6) is 5.75 Å². The minimum Gasteiger partial charge on any atom is -0.490 e. The molecular weight excluding hydrogens is 524 g/mol. The van der Waals surface area contributed by atoms with Crippen LogP contribution >= 0.6 is 0 Å². The molecule has 0 saturated heterocycles. The number of hydrogen-bond donors (Lipinski definition) is 0. The number of nitrogens with zero attached hydrogens (tertiary/aromatic N) is 4. The Hall–Kier alpha value is -2.66. The van der Waals surface area contributed by atoms with Crippen LogP contribution in [-0.2, 0) is 50.3 Å². The maximum absolute atomic E-state index is 12.7. The summed E-state index contributed by atoms with van der Waals surface area (Å²) in [4.78, 5) is 26.4. The number of hydrogen-bond acceptors (Lipinski definition) is 9. The predicted molar refractivity (Wildman–Crippen MR) is 151 cm³/mol. The number of aromatic nitrogens is 3. The molecule has 1 saturated carbocycles. The number of ether oxygens (including phenoxy) is 3. The average molecular weight is 565 g/mol. The summed E-state index contributed by atoms with van der Waals surface area (Å²) >= 11 is 7.33. The Morgan fingerprint density at radius 3 is 2.45 bits per heavy atom. The first kappa shape index (κ1) is 31.6. The van der Waals surface area contributed by atoms with E-state index in [1.807, 2.05) is 45.0 Å². The van der Waals surface area contributed by atoms with Crippen LogP contribution in [0.4, 0.5) is 4.79 Å². The molecule has 1 amide bonds. The van der Waals surface area contributed by atoms with E-state index in [-0.39, 0.29) is 36.2 Å². The molecule has 11 heteroatoms. The molecule has 9 nitrogen and oxygen atoms in total. The Kier molecular flexibility index (Phi) is 12.5. The Labute approximate surface area is 235 Å². The minimum atomic E-state index is -0.377. The Bertz CT molecular complexity index is 1040. The molecule has 2 aromatic rings. The van der Waals surface area contributed by atoms with E-state index in [0.717, 1.165) is 43.4 Å². The number of amides is 1. The zero-order chi connectivity index (χ0) is 28.3. The number of carbonyl (C=O) groups excluding carboxylic acids is 2. The summed E-state index contributed by atoms with van der Waals surface area (Å²) in [6, 6.07) is 7.64. The molecular formula is C27H40N4O5S2. The lowest BCUT2D eigenvalue weighted by Gasteiger charge is -2.34. The van der Waals surface area contributed by atoms with Gasteiger partial charge < -0.3 is 19.1 Å². The molecule has 1 aliphatic carbocycles. The Balaban J connectivity index is 0.00000247. The van der Waals surface area contributed by atoms with Gasteiger partial charge in [-0.05, 0) is 77.1 Å². The van der Waals surface area contributed by atoms with Gasteiger partial charge in [-0.3, -0.25) is 4.79 Å². The average Bonchev–Trinajstić information content (AvgIpc) is 3.28. The lowest BCUT2D eigenvalue weighted by Crippen LogP contribution is -2.45. The second-order valence-electron chi connectivity index (χ2n) is 10.1. The number of aryl methyl sites for hydroxylation is 1. The van der Waals surface area contributed by atoms with E-state index in [1.54, 1.807) is 23.7 Å². The lowest BCUT2D eigenvalue weighted by molar-refractivity contribution is -0.150. The van der Waals surface area contributed by atoms with Crippen LogP contribution in [0.15, 0.2) is 24.3 Å². The smallest absolute Gasteiger partial charge is 0.410 e. The van der Waals surface area contributed by atoms with Gasteiger partial charge in [0.1, 0.15) is 23.7 Å². The van der Waals surface area contributed by atoms with Gasteiger partial charge in [-0.1, -0.05) is 18.6 Å². The van der Waals surface area contributed by atoms with Gasteiger partial charge in [0.05, 0.1) is 18.6 Å². The number of esters is 1. The molecule has 1 fully saturated rings. The summed E-state index contributed by atoms with van der Waals surface area (Å²) in [6.07, 6.45) is 4.85. The fraction of sp³-hybridized carbons (Fsp3) is 0.630. The van der Waals surface area contributed by atoms with Gasteiger partial charge in [0.15, 0.2) is 0 Å². The highest BCUT2D eigenvalue weighted by atomic mass is 32.8. The molecule has 210 valence electrons. The van der Waals surface area contributed by atoms with E-state index in [9.17, 15) is 9.59 Å². The molecule has 1 heterocycles. The molecule has 0 radical (unpaired) electrons. The fourth-order valence-electron chi connectivity index (χ4n) is 4.63. The molecule has 38 heavy (non-hydrogen) atoms. The summed E-state index contributed by atoms with van der Waals surface area (Å²) in [5, 5.41) is 8.43. The second-order valence-corrected chi connectivity index (χ2v) is 10.1. The van der Waals surface area contributed by atoms with Crippen LogP contribution in [0.25, 0.3) is 11.3 Å². The molecule has 0 N–H and O–H groups in total. The van der Waals surface area contributed by atoms with Gasteiger partial charge in [-0.25, -0.2) is 9.48 Å². The third kappa shape index (κ3) is 8.42. The standard InChI is InChI=1S/C27H40N4O5.S2/c1-7-16-27(3,4)30(5)26(33)35-18-23-24(28-29-31(23)6)19-12-14-21(15-13-19)36-22-11-9-10-20(17-22)25(32)34-8-2;1-2/h12-15,20,22H,7-11,16-18H2,1-6H3;/t20-,22-;/m0./s1. The monoisotopic (exact) mass is 564 g/mol. The molecule has 1 aromatic heterocycles. The van der Waals surface area contributed by atoms with Crippen molar-refractivity contribution in [1.82, 2.24) is 19.9 Å². The van der Waals surface area contributed by atoms with Crippen LogP contribution in [0.3, 0.4) is 0 Å². The van der Waals surface area contributed by atoms with Crippen molar-refractivity contribution in [1.29, 1.82) is 0 Å². The van der Waals surface area contributed by atoms with Gasteiger partial charge in [-0.2, -0.15) is 0 Å². The zero-order valence-corrected chi connectivity index (χ0v) is 24.9. The van der Waals surface area contributed by atoms with Crippen molar-refractivity contribution in [2.24, 2.45) is 13.0 Å². The lowest BCUT2D eigenvalue weighted by atomic mass is 9.87. The van der Waals surface area contributed by atoms with E-state index < -0.39 is 0 Å². The van der Waals surface area contributed by atoms with Crippen LogP contribution in [-0.4, -0.2) is 57.3 Å². The summed E-state index contributed by atoms with van der Waals surface area (Å²) in [5.74, 6) is 0.515. The van der Waals surface area contributed by atoms with Crippen molar-refractivity contribution in [3.8, 4) is 17.0 Å². The summed E-state index contributed by atoms with van der Waals surface area (Å²) in [5.41, 5.74) is 1.94. The molecule has 0 bridgehead atoms. The zero-order valence-electron chi connectivity index (χ0n) is 23.3. The maximum atomic E-state index is 12.7. The molecule has 0 aliphatic heterocycles. The van der Waals surface area contributed by atoms with E-state index in [4.69, 9.17) is 14.2 Å². The topological polar surface area (TPSA) is 95.8 Å². The Morgan fingerprint density at radius 2 is 1.82 bits per heavy atom. The van der Waals surface area contributed by atoms with Crippen molar-refractivity contribution in [3.05, 3.63) is 30.0 Å². The van der Waals surface area contributed by atoms with Crippen molar-refractivity contribution >= 4 is 34.4 Å². The normalized spacial score (nSPS) is 17.1. The third-order valence-electron chi connectivity index (χ3n) is 7.00. The van der Waals surface area contributed by atoms with E-state index in [2.05, 4.69) is 39.6 Å². The molecule has 3 rings (SSSR count). The van der Waals surface area contributed by atoms with Gasteiger partial charge in [-0.15, -0.1) is 5.10 Å². The maximum Gasteiger partial charge on any atom is 0.410 e. The van der Waals surface area contributed by atoms with Crippen molar-refractivity contribution in [3.63, 3.8) is 0 Å². The highest BCUT2D eigenvalue weighted by Gasteiger charge is 2.30. The SMILES string of the molecule is CCCC(C)(C)N(C)C(=O)OCc1c(-c2ccc(O[C@H]3CCC[C@H](C(=O)OCC)C3)cc2)nnn1C.S=S. The molecule has 2 atom stereocenters. The second kappa shape index (κ2) is 15.1. The van der Waals surface area contributed by atoms with Crippen LogP contribution < -0.4 is 4.74 Å². The highest BCUT2D eigenvalue weighted by Crippen LogP contribution is 2.30. The molecule has 1 aromatic carbocycles. The van der Waals surface area contributed by atoms with Crippen molar-refractivity contribution in [2.45, 2.75) is 84.5 Å². The van der Waals surface area contributed by atoms with Gasteiger partial charge >= 0.3 is 12.1 Å². The number of rotatable bonds is 10. The van der Waals surface area contributed by atoms with Gasteiger partial charge in [0.2, 0.25) is 0 Å². The Morgan fingerprint density at radius 1 is 1.13 bits per heavy atom. The highest BCUT2D eigenvalue weighted by molar-refractivity contribution is 8.07. The van der Waals surface area contributed by atoms with E-state index in [1.165, 1.54) is 0 Å².